The molecule has 0 bridgehead atoms. The Morgan fingerprint density at radius 1 is 1.05 bits per heavy atom. The normalized spacial score (nSPS) is 11.6. The maximum absolute atomic E-state index is 11.2. The molecule has 0 aromatic heterocycles. The van der Waals surface area contributed by atoms with Gasteiger partial charge in [-0.1, -0.05) is 35.9 Å². The van der Waals surface area contributed by atoms with Crippen LogP contribution >= 0.6 is 0 Å². The molecule has 2 aromatic carbocycles. The molecule has 0 fully saturated rings. The van der Waals surface area contributed by atoms with E-state index in [2.05, 4.69) is 37.4 Å². The van der Waals surface area contributed by atoms with Crippen LogP contribution in [0, 0.1) is 13.8 Å². The number of primary sulfonamides is 1. The highest BCUT2D eigenvalue weighted by Crippen LogP contribution is 2.11. The zero-order valence-corrected chi connectivity index (χ0v) is 13.8. The zero-order chi connectivity index (χ0) is 16.2. The number of benzene rings is 2. The van der Waals surface area contributed by atoms with Crippen molar-refractivity contribution in [3.05, 3.63) is 64.7 Å². The average molecular weight is 318 g/mol. The number of hydrogen-bond acceptors (Lipinski definition) is 3. The van der Waals surface area contributed by atoms with Crippen LogP contribution in [0.1, 0.15) is 22.3 Å². The SMILES string of the molecule is Cc1ccc(CNCCc2ccc(S(N)(=O)=O)cc2)c(C)c1. The summed E-state index contributed by atoms with van der Waals surface area (Å²) in [7, 11) is -3.60. The minimum atomic E-state index is -3.60. The molecule has 0 radical (unpaired) electrons. The molecule has 0 heterocycles. The summed E-state index contributed by atoms with van der Waals surface area (Å²) in [6, 6.07) is 13.2. The fourth-order valence-corrected chi connectivity index (χ4v) is 2.86. The van der Waals surface area contributed by atoms with Crippen LogP contribution < -0.4 is 10.5 Å². The molecular weight excluding hydrogens is 296 g/mol. The molecule has 2 rings (SSSR count). The van der Waals surface area contributed by atoms with E-state index in [1.807, 2.05) is 0 Å². The number of nitrogens with one attached hydrogen (secondary N) is 1. The Hall–Kier alpha value is -1.69. The maximum atomic E-state index is 11.2. The van der Waals surface area contributed by atoms with Crippen LogP contribution in [0.3, 0.4) is 0 Å². The summed E-state index contributed by atoms with van der Waals surface area (Å²) in [4.78, 5) is 0.152. The zero-order valence-electron chi connectivity index (χ0n) is 13.0. The first-order chi connectivity index (χ1) is 10.4. The summed E-state index contributed by atoms with van der Waals surface area (Å²) >= 11 is 0. The van der Waals surface area contributed by atoms with Gasteiger partial charge in [0.15, 0.2) is 0 Å². The van der Waals surface area contributed by atoms with E-state index >= 15 is 0 Å². The lowest BCUT2D eigenvalue weighted by molar-refractivity contribution is 0.597. The third-order valence-corrected chi connectivity index (χ3v) is 4.59. The molecule has 0 aliphatic rings. The van der Waals surface area contributed by atoms with Gasteiger partial charge in [-0.3, -0.25) is 0 Å². The van der Waals surface area contributed by atoms with E-state index in [-0.39, 0.29) is 4.90 Å². The predicted octanol–water partition coefficient (Wildman–Crippen LogP) is 2.28. The minimum Gasteiger partial charge on any atom is -0.312 e. The Morgan fingerprint density at radius 3 is 2.32 bits per heavy atom. The van der Waals surface area contributed by atoms with Gasteiger partial charge in [-0.25, -0.2) is 13.6 Å². The monoisotopic (exact) mass is 318 g/mol. The highest BCUT2D eigenvalue weighted by molar-refractivity contribution is 7.89. The van der Waals surface area contributed by atoms with Crippen LogP contribution in [0.4, 0.5) is 0 Å². The Morgan fingerprint density at radius 2 is 1.73 bits per heavy atom. The fraction of sp³-hybridized carbons (Fsp3) is 0.294. The van der Waals surface area contributed by atoms with Gasteiger partial charge >= 0.3 is 0 Å². The second-order valence-corrected chi connectivity index (χ2v) is 7.11. The average Bonchev–Trinajstić information content (AvgIpc) is 2.45. The molecule has 0 aliphatic heterocycles. The maximum Gasteiger partial charge on any atom is 0.238 e. The Labute approximate surface area is 132 Å². The van der Waals surface area contributed by atoms with Crippen molar-refractivity contribution in [2.45, 2.75) is 31.7 Å². The molecule has 5 heteroatoms. The van der Waals surface area contributed by atoms with Crippen LogP contribution in [0.15, 0.2) is 47.4 Å². The fourth-order valence-electron chi connectivity index (χ4n) is 2.35. The summed E-state index contributed by atoms with van der Waals surface area (Å²) in [6.07, 6.45) is 0.843. The molecule has 0 saturated carbocycles. The standard InChI is InChI=1S/C17H22N2O2S/c1-13-3-6-16(14(2)11-13)12-19-10-9-15-4-7-17(8-5-15)22(18,20)21/h3-8,11,19H,9-10,12H2,1-2H3,(H2,18,20,21). The highest BCUT2D eigenvalue weighted by atomic mass is 32.2. The lowest BCUT2D eigenvalue weighted by Gasteiger charge is -2.09. The van der Waals surface area contributed by atoms with Crippen molar-refractivity contribution in [1.82, 2.24) is 5.32 Å². The molecule has 0 atom stereocenters. The lowest BCUT2D eigenvalue weighted by atomic mass is 10.1. The summed E-state index contributed by atoms with van der Waals surface area (Å²) in [6.45, 7) is 5.88. The lowest BCUT2D eigenvalue weighted by Crippen LogP contribution is -2.17. The van der Waals surface area contributed by atoms with Crippen molar-refractivity contribution in [2.24, 2.45) is 5.14 Å². The van der Waals surface area contributed by atoms with E-state index in [1.54, 1.807) is 24.3 Å². The molecule has 2 aromatic rings. The molecule has 118 valence electrons. The van der Waals surface area contributed by atoms with Crippen LogP contribution in [0.5, 0.6) is 0 Å². The van der Waals surface area contributed by atoms with Crippen molar-refractivity contribution in [3.63, 3.8) is 0 Å². The molecule has 4 nitrogen and oxygen atoms in total. The minimum absolute atomic E-state index is 0.152. The van der Waals surface area contributed by atoms with Crippen molar-refractivity contribution < 1.29 is 8.42 Å². The van der Waals surface area contributed by atoms with Crippen LogP contribution in [0.25, 0.3) is 0 Å². The van der Waals surface area contributed by atoms with Gasteiger partial charge in [-0.2, -0.15) is 0 Å². The van der Waals surface area contributed by atoms with Crippen LogP contribution in [-0.2, 0) is 23.0 Å². The van der Waals surface area contributed by atoms with Crippen molar-refractivity contribution in [1.29, 1.82) is 0 Å². The summed E-state index contributed by atoms with van der Waals surface area (Å²) in [5.74, 6) is 0. The number of sulfonamides is 1. The highest BCUT2D eigenvalue weighted by Gasteiger charge is 2.06. The number of nitrogens with two attached hydrogens (primary N) is 1. The first kappa shape index (κ1) is 16.7. The topological polar surface area (TPSA) is 72.2 Å². The van der Waals surface area contributed by atoms with Gasteiger partial charge in [0, 0.05) is 6.54 Å². The summed E-state index contributed by atoms with van der Waals surface area (Å²) in [5.41, 5.74) is 4.96. The van der Waals surface area contributed by atoms with E-state index in [0.717, 1.165) is 25.1 Å². The molecule has 22 heavy (non-hydrogen) atoms. The smallest absolute Gasteiger partial charge is 0.238 e. The van der Waals surface area contributed by atoms with Gasteiger partial charge < -0.3 is 5.32 Å². The van der Waals surface area contributed by atoms with Crippen molar-refractivity contribution >= 4 is 10.0 Å². The van der Waals surface area contributed by atoms with Crippen molar-refractivity contribution in [2.75, 3.05) is 6.54 Å². The van der Waals surface area contributed by atoms with Gasteiger partial charge in [-0.05, 0) is 55.6 Å². The number of aryl methyl sites for hydroxylation is 2. The third-order valence-electron chi connectivity index (χ3n) is 3.66. The van der Waals surface area contributed by atoms with Crippen LogP contribution in [0.2, 0.25) is 0 Å². The summed E-state index contributed by atoms with van der Waals surface area (Å²) in [5, 5.41) is 8.49. The van der Waals surface area contributed by atoms with Crippen LogP contribution in [-0.4, -0.2) is 15.0 Å². The Bertz CT molecular complexity index is 738. The first-order valence-electron chi connectivity index (χ1n) is 7.25. The molecule has 3 N–H and O–H groups in total. The molecule has 0 saturated heterocycles. The largest absolute Gasteiger partial charge is 0.312 e. The van der Waals surface area contributed by atoms with E-state index in [1.165, 1.54) is 16.7 Å². The Kier molecular flexibility index (Phi) is 5.34. The molecular formula is C17H22N2O2S. The van der Waals surface area contributed by atoms with E-state index in [4.69, 9.17) is 5.14 Å². The second kappa shape index (κ2) is 7.05. The van der Waals surface area contributed by atoms with E-state index in [9.17, 15) is 8.42 Å². The summed E-state index contributed by atoms with van der Waals surface area (Å²) < 4.78 is 22.4. The predicted molar refractivity (Wildman–Crippen MR) is 89.1 cm³/mol. The first-order valence-corrected chi connectivity index (χ1v) is 8.79. The molecule has 0 unspecified atom stereocenters. The molecule has 0 aliphatic carbocycles. The number of hydrogen-bond donors (Lipinski definition) is 2. The van der Waals surface area contributed by atoms with Gasteiger partial charge in [0.05, 0.1) is 4.90 Å². The quantitative estimate of drug-likeness (QED) is 0.803. The van der Waals surface area contributed by atoms with Gasteiger partial charge in [0.1, 0.15) is 0 Å². The molecule has 0 spiro atoms. The Balaban J connectivity index is 1.84. The second-order valence-electron chi connectivity index (χ2n) is 5.55. The third kappa shape index (κ3) is 4.66. The van der Waals surface area contributed by atoms with Gasteiger partial charge in [-0.15, -0.1) is 0 Å². The van der Waals surface area contributed by atoms with E-state index < -0.39 is 10.0 Å². The van der Waals surface area contributed by atoms with Gasteiger partial charge in [0.2, 0.25) is 10.0 Å². The number of rotatable bonds is 6. The van der Waals surface area contributed by atoms with Crippen molar-refractivity contribution in [3.8, 4) is 0 Å². The molecule has 0 amide bonds. The van der Waals surface area contributed by atoms with Gasteiger partial charge in [0.25, 0.3) is 0 Å². The van der Waals surface area contributed by atoms with E-state index in [0.29, 0.717) is 0 Å².